The Hall–Kier alpha value is -3.26. The first-order valence-corrected chi connectivity index (χ1v) is 9.83. The number of aromatic nitrogens is 1. The van der Waals surface area contributed by atoms with Crippen LogP contribution in [0.1, 0.15) is 11.3 Å². The van der Waals surface area contributed by atoms with E-state index in [1.807, 2.05) is 47.8 Å². The number of methoxy groups -OCH3 is 3. The first kappa shape index (κ1) is 20.5. The summed E-state index contributed by atoms with van der Waals surface area (Å²) in [5.41, 5.74) is 2.36. The highest BCUT2D eigenvalue weighted by molar-refractivity contribution is 7.13. The summed E-state index contributed by atoms with van der Waals surface area (Å²) in [6.45, 7) is 0.402. The average molecular weight is 413 g/mol. The minimum absolute atomic E-state index is 0.105. The molecule has 0 saturated heterocycles. The number of hydrogen-bond acceptors (Lipinski definition) is 7. The number of rotatable bonds is 9. The standard InChI is InChI=1S/C21H23N3O4S/c1-26-16-8-9-19(28-3)17(11-16)24-21-23-15(13-29-21)10-20(25)22-12-14-6-4-5-7-18(14)27-2/h4-9,11,13H,10,12H2,1-3H3,(H,22,25)(H,23,24). The third-order valence-electron chi connectivity index (χ3n) is 4.21. The van der Waals surface area contributed by atoms with Crippen molar-refractivity contribution in [2.24, 2.45) is 0 Å². The van der Waals surface area contributed by atoms with E-state index in [4.69, 9.17) is 14.2 Å². The van der Waals surface area contributed by atoms with Crippen LogP contribution in [-0.2, 0) is 17.8 Å². The molecule has 3 rings (SSSR count). The van der Waals surface area contributed by atoms with Crippen molar-refractivity contribution in [3.05, 3.63) is 59.1 Å². The highest BCUT2D eigenvalue weighted by Gasteiger charge is 2.11. The molecule has 3 aromatic rings. The van der Waals surface area contributed by atoms with Crippen LogP contribution in [0.2, 0.25) is 0 Å². The summed E-state index contributed by atoms with van der Waals surface area (Å²) in [5.74, 6) is 2.03. The van der Waals surface area contributed by atoms with Gasteiger partial charge in [-0.15, -0.1) is 11.3 Å². The molecule has 0 saturated carbocycles. The molecular formula is C21H23N3O4S. The number of ether oxygens (including phenoxy) is 3. The van der Waals surface area contributed by atoms with Gasteiger partial charge in [0.2, 0.25) is 5.91 Å². The van der Waals surface area contributed by atoms with E-state index in [9.17, 15) is 4.79 Å². The lowest BCUT2D eigenvalue weighted by atomic mass is 10.2. The lowest BCUT2D eigenvalue weighted by molar-refractivity contribution is -0.120. The number of nitrogens with one attached hydrogen (secondary N) is 2. The molecule has 0 aliphatic rings. The Kier molecular flexibility index (Phi) is 6.91. The van der Waals surface area contributed by atoms with E-state index in [1.54, 1.807) is 21.3 Å². The summed E-state index contributed by atoms with van der Waals surface area (Å²) in [6.07, 6.45) is 0.197. The number of carbonyl (C=O) groups is 1. The fourth-order valence-electron chi connectivity index (χ4n) is 2.74. The molecule has 7 nitrogen and oxygen atoms in total. The van der Waals surface area contributed by atoms with Crippen LogP contribution in [0.4, 0.5) is 10.8 Å². The summed E-state index contributed by atoms with van der Waals surface area (Å²) >= 11 is 1.42. The number of hydrogen-bond donors (Lipinski definition) is 2. The number of nitrogens with zero attached hydrogens (tertiary/aromatic N) is 1. The molecule has 152 valence electrons. The highest BCUT2D eigenvalue weighted by Crippen LogP contribution is 2.32. The van der Waals surface area contributed by atoms with Gasteiger partial charge in [-0.25, -0.2) is 4.98 Å². The van der Waals surface area contributed by atoms with Crippen molar-refractivity contribution in [2.45, 2.75) is 13.0 Å². The molecule has 1 aromatic heterocycles. The van der Waals surface area contributed by atoms with Crippen molar-refractivity contribution in [3.8, 4) is 17.2 Å². The molecule has 1 amide bonds. The van der Waals surface area contributed by atoms with Gasteiger partial charge in [0, 0.05) is 23.6 Å². The van der Waals surface area contributed by atoms with Gasteiger partial charge in [0.15, 0.2) is 5.13 Å². The van der Waals surface area contributed by atoms with Gasteiger partial charge in [-0.1, -0.05) is 18.2 Å². The van der Waals surface area contributed by atoms with E-state index in [1.165, 1.54) is 11.3 Å². The molecule has 0 radical (unpaired) electrons. The van der Waals surface area contributed by atoms with E-state index in [0.717, 1.165) is 17.0 Å². The van der Waals surface area contributed by atoms with Crippen LogP contribution in [-0.4, -0.2) is 32.2 Å². The van der Waals surface area contributed by atoms with Gasteiger partial charge in [0.25, 0.3) is 0 Å². The molecule has 8 heteroatoms. The Morgan fingerprint density at radius 1 is 1.03 bits per heavy atom. The maximum absolute atomic E-state index is 12.3. The predicted octanol–water partition coefficient (Wildman–Crippen LogP) is 3.77. The zero-order valence-corrected chi connectivity index (χ0v) is 17.3. The molecule has 0 atom stereocenters. The predicted molar refractivity (Wildman–Crippen MR) is 113 cm³/mol. The van der Waals surface area contributed by atoms with E-state index < -0.39 is 0 Å². The minimum atomic E-state index is -0.105. The van der Waals surface area contributed by atoms with Crippen LogP contribution in [0.25, 0.3) is 0 Å². The number of para-hydroxylation sites is 1. The molecule has 0 unspecified atom stereocenters. The van der Waals surface area contributed by atoms with Gasteiger partial charge >= 0.3 is 0 Å². The Morgan fingerprint density at radius 2 is 1.83 bits per heavy atom. The average Bonchev–Trinajstić information content (AvgIpc) is 3.18. The Balaban J connectivity index is 1.59. The van der Waals surface area contributed by atoms with Gasteiger partial charge in [-0.05, 0) is 18.2 Å². The summed E-state index contributed by atoms with van der Waals surface area (Å²) < 4.78 is 15.9. The van der Waals surface area contributed by atoms with Gasteiger partial charge < -0.3 is 24.8 Å². The zero-order chi connectivity index (χ0) is 20.6. The molecule has 1 heterocycles. The zero-order valence-electron chi connectivity index (χ0n) is 16.5. The molecular weight excluding hydrogens is 390 g/mol. The lowest BCUT2D eigenvalue weighted by Crippen LogP contribution is -2.24. The van der Waals surface area contributed by atoms with Crippen molar-refractivity contribution in [3.63, 3.8) is 0 Å². The number of amides is 1. The van der Waals surface area contributed by atoms with Crippen LogP contribution in [0.15, 0.2) is 47.8 Å². The highest BCUT2D eigenvalue weighted by atomic mass is 32.1. The smallest absolute Gasteiger partial charge is 0.226 e. The molecule has 0 bridgehead atoms. The molecule has 29 heavy (non-hydrogen) atoms. The fraction of sp³-hybridized carbons (Fsp3) is 0.238. The van der Waals surface area contributed by atoms with Crippen LogP contribution < -0.4 is 24.8 Å². The van der Waals surface area contributed by atoms with E-state index in [2.05, 4.69) is 15.6 Å². The van der Waals surface area contributed by atoms with Gasteiger partial charge in [0.1, 0.15) is 17.2 Å². The van der Waals surface area contributed by atoms with Crippen LogP contribution in [0, 0.1) is 0 Å². The summed E-state index contributed by atoms with van der Waals surface area (Å²) in [4.78, 5) is 16.8. The summed E-state index contributed by atoms with van der Waals surface area (Å²) in [7, 11) is 4.82. The van der Waals surface area contributed by atoms with Gasteiger partial charge in [0.05, 0.1) is 39.1 Å². The second-order valence-electron chi connectivity index (χ2n) is 6.10. The first-order chi connectivity index (χ1) is 14.1. The summed E-state index contributed by atoms with van der Waals surface area (Å²) in [6, 6.07) is 13.1. The Labute approximate surface area is 173 Å². The molecule has 0 spiro atoms. The van der Waals surface area contributed by atoms with Crippen molar-refractivity contribution < 1.29 is 19.0 Å². The molecule has 2 aromatic carbocycles. The number of carbonyl (C=O) groups excluding carboxylic acids is 1. The van der Waals surface area contributed by atoms with E-state index >= 15 is 0 Å². The lowest BCUT2D eigenvalue weighted by Gasteiger charge is -2.10. The second kappa shape index (κ2) is 9.79. The fourth-order valence-corrected chi connectivity index (χ4v) is 3.46. The van der Waals surface area contributed by atoms with Crippen molar-refractivity contribution in [2.75, 3.05) is 26.6 Å². The molecule has 0 fully saturated rings. The first-order valence-electron chi connectivity index (χ1n) is 8.95. The van der Waals surface area contributed by atoms with Crippen LogP contribution in [0.3, 0.4) is 0 Å². The normalized spacial score (nSPS) is 10.3. The van der Waals surface area contributed by atoms with Gasteiger partial charge in [-0.2, -0.15) is 0 Å². The maximum Gasteiger partial charge on any atom is 0.226 e. The maximum atomic E-state index is 12.3. The molecule has 0 aliphatic carbocycles. The van der Waals surface area contributed by atoms with Crippen molar-refractivity contribution >= 4 is 28.1 Å². The molecule has 0 aliphatic heterocycles. The number of benzene rings is 2. The van der Waals surface area contributed by atoms with Crippen LogP contribution in [0.5, 0.6) is 17.2 Å². The summed E-state index contributed by atoms with van der Waals surface area (Å²) in [5, 5.41) is 8.65. The number of thiazole rings is 1. The third kappa shape index (κ3) is 5.39. The van der Waals surface area contributed by atoms with Gasteiger partial charge in [-0.3, -0.25) is 4.79 Å². The SMILES string of the molecule is COc1ccc(OC)c(Nc2nc(CC(=O)NCc3ccccc3OC)cs2)c1. The number of anilines is 2. The Bertz CT molecular complexity index is 974. The van der Waals surface area contributed by atoms with E-state index in [-0.39, 0.29) is 12.3 Å². The third-order valence-corrected chi connectivity index (χ3v) is 5.02. The largest absolute Gasteiger partial charge is 0.497 e. The van der Waals surface area contributed by atoms with E-state index in [0.29, 0.717) is 28.9 Å². The topological polar surface area (TPSA) is 81.7 Å². The Morgan fingerprint density at radius 3 is 2.59 bits per heavy atom. The quantitative estimate of drug-likeness (QED) is 0.556. The molecule has 2 N–H and O–H groups in total. The van der Waals surface area contributed by atoms with Crippen LogP contribution >= 0.6 is 11.3 Å². The van der Waals surface area contributed by atoms with Crippen molar-refractivity contribution in [1.29, 1.82) is 0 Å². The van der Waals surface area contributed by atoms with Crippen molar-refractivity contribution in [1.82, 2.24) is 10.3 Å². The second-order valence-corrected chi connectivity index (χ2v) is 6.96. The monoisotopic (exact) mass is 413 g/mol. The minimum Gasteiger partial charge on any atom is -0.497 e.